The number of halogens is 2. The van der Waals surface area contributed by atoms with Crippen molar-refractivity contribution < 1.29 is 22.0 Å². The third-order valence-corrected chi connectivity index (χ3v) is 6.63. The van der Waals surface area contributed by atoms with E-state index < -0.39 is 33.1 Å². The second-order valence-electron chi connectivity index (χ2n) is 7.35. The van der Waals surface area contributed by atoms with Gasteiger partial charge in [-0.3, -0.25) is 4.79 Å². The van der Waals surface area contributed by atoms with Crippen molar-refractivity contribution in [2.75, 3.05) is 18.4 Å². The van der Waals surface area contributed by atoms with Gasteiger partial charge in [0.2, 0.25) is 10.0 Å². The predicted octanol–water partition coefficient (Wildman–Crippen LogP) is 3.88. The highest BCUT2D eigenvalue weighted by Crippen LogP contribution is 2.27. The normalized spacial score (nSPS) is 20.7. The van der Waals surface area contributed by atoms with Gasteiger partial charge in [-0.25, -0.2) is 17.2 Å². The number of benzene rings is 2. The second kappa shape index (κ2) is 7.97. The molecular formula is C20H22F2N2O3S. The summed E-state index contributed by atoms with van der Waals surface area (Å²) in [6, 6.07) is 8.99. The Labute approximate surface area is 163 Å². The van der Waals surface area contributed by atoms with E-state index in [1.54, 1.807) is 0 Å². The van der Waals surface area contributed by atoms with Gasteiger partial charge >= 0.3 is 0 Å². The summed E-state index contributed by atoms with van der Waals surface area (Å²) in [5, 5.41) is 2.44. The minimum Gasteiger partial charge on any atom is -0.322 e. The molecule has 0 saturated carbocycles. The largest absolute Gasteiger partial charge is 0.322 e. The van der Waals surface area contributed by atoms with Crippen LogP contribution in [0.1, 0.15) is 30.6 Å². The molecule has 0 aliphatic carbocycles. The van der Waals surface area contributed by atoms with Crippen molar-refractivity contribution >= 4 is 21.6 Å². The molecule has 28 heavy (non-hydrogen) atoms. The van der Waals surface area contributed by atoms with Gasteiger partial charge in [-0.2, -0.15) is 4.31 Å². The van der Waals surface area contributed by atoms with Gasteiger partial charge in [-0.05, 0) is 54.7 Å². The van der Waals surface area contributed by atoms with Gasteiger partial charge in [0.05, 0.1) is 10.5 Å². The van der Waals surface area contributed by atoms with Crippen LogP contribution in [0, 0.1) is 23.5 Å². The lowest BCUT2D eigenvalue weighted by Gasteiger charge is -2.34. The van der Waals surface area contributed by atoms with E-state index in [-0.39, 0.29) is 10.6 Å². The molecule has 0 bridgehead atoms. The first-order valence-electron chi connectivity index (χ1n) is 9.04. The van der Waals surface area contributed by atoms with Crippen molar-refractivity contribution in [1.29, 1.82) is 0 Å². The van der Waals surface area contributed by atoms with Crippen LogP contribution in [0.4, 0.5) is 14.5 Å². The molecule has 0 spiro atoms. The van der Waals surface area contributed by atoms with Gasteiger partial charge in [-0.15, -0.1) is 0 Å². The van der Waals surface area contributed by atoms with Gasteiger partial charge < -0.3 is 5.32 Å². The number of hydrogen-bond donors (Lipinski definition) is 1. The maximum Gasteiger partial charge on any atom is 0.258 e. The molecule has 2 unspecified atom stereocenters. The smallest absolute Gasteiger partial charge is 0.258 e. The number of nitrogens with one attached hydrogen (secondary N) is 1. The number of piperidine rings is 1. The van der Waals surface area contributed by atoms with Crippen LogP contribution in [0.3, 0.4) is 0 Å². The summed E-state index contributed by atoms with van der Waals surface area (Å²) in [7, 11) is -3.63. The first-order chi connectivity index (χ1) is 13.2. The molecule has 1 aliphatic rings. The van der Waals surface area contributed by atoms with E-state index in [2.05, 4.69) is 5.32 Å². The Bertz CT molecular complexity index is 967. The van der Waals surface area contributed by atoms with E-state index in [9.17, 15) is 22.0 Å². The maximum atomic E-state index is 13.7. The Morgan fingerprint density at radius 2 is 1.64 bits per heavy atom. The molecule has 0 radical (unpaired) electrons. The second-order valence-corrected chi connectivity index (χ2v) is 9.29. The Kier molecular flexibility index (Phi) is 5.81. The molecule has 1 aliphatic heterocycles. The maximum absolute atomic E-state index is 13.7. The number of nitrogens with zero attached hydrogens (tertiary/aromatic N) is 1. The summed E-state index contributed by atoms with van der Waals surface area (Å²) in [4.78, 5) is 12.3. The fourth-order valence-corrected chi connectivity index (χ4v) is 5.22. The van der Waals surface area contributed by atoms with Crippen LogP contribution in [-0.2, 0) is 10.0 Å². The van der Waals surface area contributed by atoms with Crippen molar-refractivity contribution in [3.05, 3.63) is 59.7 Å². The molecule has 2 atom stereocenters. The Morgan fingerprint density at radius 3 is 2.25 bits per heavy atom. The van der Waals surface area contributed by atoms with Crippen LogP contribution in [0.2, 0.25) is 0 Å². The summed E-state index contributed by atoms with van der Waals surface area (Å²) >= 11 is 0. The summed E-state index contributed by atoms with van der Waals surface area (Å²) in [6.07, 6.45) is 0.994. The minimum absolute atomic E-state index is 0.128. The molecule has 0 aromatic heterocycles. The number of anilines is 1. The zero-order chi connectivity index (χ0) is 20.5. The van der Waals surface area contributed by atoms with E-state index in [4.69, 9.17) is 0 Å². The van der Waals surface area contributed by atoms with Gasteiger partial charge in [0.1, 0.15) is 0 Å². The Hall–Kier alpha value is -2.32. The van der Waals surface area contributed by atoms with Gasteiger partial charge in [0.15, 0.2) is 11.6 Å². The van der Waals surface area contributed by atoms with E-state index in [0.717, 1.165) is 12.5 Å². The zero-order valence-electron chi connectivity index (χ0n) is 15.7. The Morgan fingerprint density at radius 1 is 1.04 bits per heavy atom. The molecule has 5 nitrogen and oxygen atoms in total. The number of carbonyl (C=O) groups excluding carboxylic acids is 1. The predicted molar refractivity (Wildman–Crippen MR) is 102 cm³/mol. The fourth-order valence-electron chi connectivity index (χ4n) is 3.54. The lowest BCUT2D eigenvalue weighted by Crippen LogP contribution is -2.42. The fraction of sp³-hybridized carbons (Fsp3) is 0.350. The van der Waals surface area contributed by atoms with E-state index in [0.29, 0.717) is 24.9 Å². The quantitative estimate of drug-likeness (QED) is 0.835. The van der Waals surface area contributed by atoms with Crippen molar-refractivity contribution in [1.82, 2.24) is 4.31 Å². The number of sulfonamides is 1. The first kappa shape index (κ1) is 20.4. The number of hydrogen-bond acceptors (Lipinski definition) is 3. The summed E-state index contributed by atoms with van der Waals surface area (Å²) in [6.45, 7) is 5.01. The third-order valence-electron chi connectivity index (χ3n) is 4.78. The molecular weight excluding hydrogens is 386 g/mol. The van der Waals surface area contributed by atoms with Crippen LogP contribution in [0.5, 0.6) is 0 Å². The van der Waals surface area contributed by atoms with Crippen LogP contribution >= 0.6 is 0 Å². The molecule has 1 N–H and O–H groups in total. The first-order valence-corrected chi connectivity index (χ1v) is 10.5. The molecule has 1 amide bonds. The topological polar surface area (TPSA) is 66.5 Å². The summed E-state index contributed by atoms with van der Waals surface area (Å²) in [5.41, 5.74) is -0.138. The van der Waals surface area contributed by atoms with Gasteiger partial charge in [-0.1, -0.05) is 19.9 Å². The van der Waals surface area contributed by atoms with Crippen LogP contribution in [0.15, 0.2) is 47.4 Å². The zero-order valence-corrected chi connectivity index (χ0v) is 16.5. The standard InChI is InChI=1S/C20H22F2N2O3S/c1-13-10-14(2)12-24(11-13)28(26,27)16-8-6-15(7-9-16)23-20(25)17-4-3-5-18(21)19(17)22/h3-9,13-14H,10-12H2,1-2H3,(H,23,25). The molecule has 1 fully saturated rings. The summed E-state index contributed by atoms with van der Waals surface area (Å²) < 4.78 is 54.2. The number of amides is 1. The molecule has 8 heteroatoms. The lowest BCUT2D eigenvalue weighted by molar-refractivity contribution is 0.102. The van der Waals surface area contributed by atoms with Crippen molar-refractivity contribution in [3.8, 4) is 0 Å². The average molecular weight is 408 g/mol. The number of rotatable bonds is 4. The molecule has 1 saturated heterocycles. The monoisotopic (exact) mass is 408 g/mol. The number of carbonyl (C=O) groups is 1. The van der Waals surface area contributed by atoms with E-state index in [1.807, 2.05) is 13.8 Å². The third kappa shape index (κ3) is 4.23. The van der Waals surface area contributed by atoms with E-state index >= 15 is 0 Å². The van der Waals surface area contributed by atoms with Crippen molar-refractivity contribution in [3.63, 3.8) is 0 Å². The molecule has 150 valence electrons. The van der Waals surface area contributed by atoms with Crippen molar-refractivity contribution in [2.24, 2.45) is 11.8 Å². The van der Waals surface area contributed by atoms with Crippen LogP contribution < -0.4 is 5.32 Å². The summed E-state index contributed by atoms with van der Waals surface area (Å²) in [5.74, 6) is -2.57. The highest BCUT2D eigenvalue weighted by Gasteiger charge is 2.31. The van der Waals surface area contributed by atoms with Gasteiger partial charge in [0.25, 0.3) is 5.91 Å². The molecule has 2 aromatic carbocycles. The molecule has 3 rings (SSSR count). The molecule has 2 aromatic rings. The highest BCUT2D eigenvalue weighted by molar-refractivity contribution is 7.89. The van der Waals surface area contributed by atoms with Crippen molar-refractivity contribution in [2.45, 2.75) is 25.2 Å². The van der Waals surface area contributed by atoms with Gasteiger partial charge in [0, 0.05) is 18.8 Å². The molecule has 1 heterocycles. The van der Waals surface area contributed by atoms with E-state index in [1.165, 1.54) is 40.7 Å². The van der Waals surface area contributed by atoms with Crippen LogP contribution in [-0.4, -0.2) is 31.7 Å². The lowest BCUT2D eigenvalue weighted by atomic mass is 9.94. The minimum atomic E-state index is -3.63. The van der Waals surface area contributed by atoms with Crippen LogP contribution in [0.25, 0.3) is 0 Å². The average Bonchev–Trinajstić information content (AvgIpc) is 2.63. The highest BCUT2D eigenvalue weighted by atomic mass is 32.2. The Balaban J connectivity index is 1.76. The SMILES string of the molecule is CC1CC(C)CN(S(=O)(=O)c2ccc(NC(=O)c3cccc(F)c3F)cc2)C1.